The molecule has 1 aliphatic heterocycles. The molecule has 27 heavy (non-hydrogen) atoms. The maximum atomic E-state index is 12.9. The fourth-order valence-electron chi connectivity index (χ4n) is 4.41. The van der Waals surface area contributed by atoms with E-state index >= 15 is 0 Å². The van der Waals surface area contributed by atoms with Crippen LogP contribution in [0.3, 0.4) is 0 Å². The molecular weight excluding hydrogens is 338 g/mol. The van der Waals surface area contributed by atoms with Crippen molar-refractivity contribution in [1.29, 1.82) is 0 Å². The van der Waals surface area contributed by atoms with Gasteiger partial charge in [-0.05, 0) is 45.6 Å². The van der Waals surface area contributed by atoms with Crippen molar-refractivity contribution >= 4 is 5.91 Å². The molecule has 1 aromatic rings. The fraction of sp³-hybridized carbons (Fsp3) is 0.696. The quantitative estimate of drug-likeness (QED) is 0.763. The molecule has 1 saturated heterocycles. The second-order valence-corrected chi connectivity index (χ2v) is 8.71. The summed E-state index contributed by atoms with van der Waals surface area (Å²) in [6, 6.07) is 10.0. The summed E-state index contributed by atoms with van der Waals surface area (Å²) < 4.78 is 5.75. The lowest BCUT2D eigenvalue weighted by Crippen LogP contribution is -2.57. The number of carbonyl (C=O) groups excluding carboxylic acids is 1. The van der Waals surface area contributed by atoms with E-state index < -0.39 is 5.60 Å². The Kier molecular flexibility index (Phi) is 7.47. The minimum Gasteiger partial charge on any atom is -0.385 e. The SMILES string of the molecule is CCC[C@@H]1[C@H](CC)N(C(=O)CCOC(C)(C)C)CC[C@@]1(O)c1ccccc1. The average molecular weight is 376 g/mol. The molecule has 2 rings (SSSR count). The van der Waals surface area contributed by atoms with Crippen LogP contribution in [0.15, 0.2) is 30.3 Å². The minimum absolute atomic E-state index is 0.0520. The van der Waals surface area contributed by atoms with Crippen LogP contribution in [0, 0.1) is 5.92 Å². The van der Waals surface area contributed by atoms with Crippen LogP contribution in [0.2, 0.25) is 0 Å². The zero-order chi connectivity index (χ0) is 20.1. The van der Waals surface area contributed by atoms with Crippen molar-refractivity contribution in [3.8, 4) is 0 Å². The Morgan fingerprint density at radius 1 is 1.26 bits per heavy atom. The Morgan fingerprint density at radius 2 is 1.93 bits per heavy atom. The smallest absolute Gasteiger partial charge is 0.225 e. The third-order valence-electron chi connectivity index (χ3n) is 5.68. The Morgan fingerprint density at radius 3 is 2.48 bits per heavy atom. The van der Waals surface area contributed by atoms with Crippen LogP contribution in [-0.4, -0.2) is 40.7 Å². The molecule has 0 spiro atoms. The first-order valence-electron chi connectivity index (χ1n) is 10.4. The van der Waals surface area contributed by atoms with Crippen molar-refractivity contribution in [1.82, 2.24) is 4.90 Å². The molecular formula is C23H37NO3. The van der Waals surface area contributed by atoms with E-state index in [9.17, 15) is 9.90 Å². The van der Waals surface area contributed by atoms with E-state index in [2.05, 4.69) is 13.8 Å². The van der Waals surface area contributed by atoms with Gasteiger partial charge in [0.1, 0.15) is 0 Å². The lowest BCUT2D eigenvalue weighted by molar-refractivity contribution is -0.153. The summed E-state index contributed by atoms with van der Waals surface area (Å²) in [5.74, 6) is 0.193. The van der Waals surface area contributed by atoms with Gasteiger partial charge in [0.05, 0.1) is 24.2 Å². The zero-order valence-corrected chi connectivity index (χ0v) is 17.7. The van der Waals surface area contributed by atoms with Gasteiger partial charge in [0, 0.05) is 18.5 Å². The van der Waals surface area contributed by atoms with Crippen LogP contribution < -0.4 is 0 Å². The molecule has 0 radical (unpaired) electrons. The van der Waals surface area contributed by atoms with Gasteiger partial charge in [0.15, 0.2) is 0 Å². The molecule has 0 saturated carbocycles. The van der Waals surface area contributed by atoms with E-state index in [0.29, 0.717) is 26.0 Å². The molecule has 1 N–H and O–H groups in total. The van der Waals surface area contributed by atoms with Gasteiger partial charge in [-0.3, -0.25) is 4.79 Å². The predicted molar refractivity (Wildman–Crippen MR) is 109 cm³/mol. The molecule has 1 aromatic carbocycles. The van der Waals surface area contributed by atoms with Gasteiger partial charge in [-0.2, -0.15) is 0 Å². The van der Waals surface area contributed by atoms with Crippen LogP contribution >= 0.6 is 0 Å². The first kappa shape index (κ1) is 21.9. The second-order valence-electron chi connectivity index (χ2n) is 8.71. The van der Waals surface area contributed by atoms with Gasteiger partial charge in [-0.1, -0.05) is 50.6 Å². The van der Waals surface area contributed by atoms with Crippen molar-refractivity contribution in [3.63, 3.8) is 0 Å². The van der Waals surface area contributed by atoms with Crippen LogP contribution in [0.1, 0.15) is 72.3 Å². The number of aliphatic hydroxyl groups is 1. The van der Waals surface area contributed by atoms with E-state index in [0.717, 1.165) is 24.8 Å². The third kappa shape index (κ3) is 5.32. The van der Waals surface area contributed by atoms with Crippen molar-refractivity contribution in [2.75, 3.05) is 13.2 Å². The molecule has 4 nitrogen and oxygen atoms in total. The highest BCUT2D eigenvalue weighted by atomic mass is 16.5. The van der Waals surface area contributed by atoms with Crippen LogP contribution in [0.4, 0.5) is 0 Å². The predicted octanol–water partition coefficient (Wildman–Crippen LogP) is 4.51. The summed E-state index contributed by atoms with van der Waals surface area (Å²) in [6.45, 7) is 11.3. The maximum Gasteiger partial charge on any atom is 0.225 e. The highest BCUT2D eigenvalue weighted by Gasteiger charge is 2.48. The number of benzene rings is 1. The van der Waals surface area contributed by atoms with Gasteiger partial charge >= 0.3 is 0 Å². The van der Waals surface area contributed by atoms with Crippen molar-refractivity contribution in [2.24, 2.45) is 5.92 Å². The lowest BCUT2D eigenvalue weighted by atomic mass is 9.69. The summed E-state index contributed by atoms with van der Waals surface area (Å²) in [5.41, 5.74) is -0.119. The first-order valence-corrected chi connectivity index (χ1v) is 10.4. The van der Waals surface area contributed by atoms with Crippen molar-refractivity contribution in [2.45, 2.75) is 84.0 Å². The minimum atomic E-state index is -0.864. The molecule has 152 valence electrons. The van der Waals surface area contributed by atoms with E-state index in [1.165, 1.54) is 0 Å². The molecule has 0 unspecified atom stereocenters. The topological polar surface area (TPSA) is 49.8 Å². The van der Waals surface area contributed by atoms with E-state index in [1.807, 2.05) is 56.0 Å². The number of nitrogens with zero attached hydrogens (tertiary/aromatic N) is 1. The monoisotopic (exact) mass is 375 g/mol. The number of rotatable bonds is 7. The number of amides is 1. The number of likely N-dealkylation sites (tertiary alicyclic amines) is 1. The van der Waals surface area contributed by atoms with Crippen LogP contribution in [0.25, 0.3) is 0 Å². The average Bonchev–Trinajstić information content (AvgIpc) is 2.63. The Bertz CT molecular complexity index is 595. The summed E-state index contributed by atoms with van der Waals surface area (Å²) in [4.78, 5) is 14.9. The molecule has 0 aliphatic carbocycles. The molecule has 3 atom stereocenters. The largest absolute Gasteiger partial charge is 0.385 e. The second kappa shape index (κ2) is 9.20. The molecule has 4 heteroatoms. The molecule has 0 aromatic heterocycles. The third-order valence-corrected chi connectivity index (χ3v) is 5.68. The number of ether oxygens (including phenoxy) is 1. The first-order chi connectivity index (χ1) is 12.7. The number of piperidine rings is 1. The molecule has 0 bridgehead atoms. The van der Waals surface area contributed by atoms with Gasteiger partial charge in [-0.25, -0.2) is 0 Å². The number of hydrogen-bond donors (Lipinski definition) is 1. The molecule has 1 fully saturated rings. The normalized spacial score (nSPS) is 26.2. The highest BCUT2D eigenvalue weighted by molar-refractivity contribution is 5.77. The Hall–Kier alpha value is -1.39. The van der Waals surface area contributed by atoms with Crippen LogP contribution in [-0.2, 0) is 15.1 Å². The molecule has 1 amide bonds. The standard InChI is InChI=1S/C23H37NO3/c1-6-11-19-20(7-2)24(21(25)14-17-27-22(3,4)5)16-15-23(19,26)18-12-9-8-10-13-18/h8-10,12-13,19-20,26H,6-7,11,14-17H2,1-5H3/t19-,20+,23-/m1/s1. The molecule has 1 aliphatic rings. The number of carbonyl (C=O) groups is 1. The summed E-state index contributed by atoms with van der Waals surface area (Å²) >= 11 is 0. The zero-order valence-electron chi connectivity index (χ0n) is 17.7. The highest BCUT2D eigenvalue weighted by Crippen LogP contribution is 2.44. The van der Waals surface area contributed by atoms with Gasteiger partial charge < -0.3 is 14.7 Å². The summed E-state index contributed by atoms with van der Waals surface area (Å²) in [6.07, 6.45) is 3.74. The van der Waals surface area contributed by atoms with E-state index in [1.54, 1.807) is 0 Å². The van der Waals surface area contributed by atoms with Gasteiger partial charge in [0.2, 0.25) is 5.91 Å². The van der Waals surface area contributed by atoms with E-state index in [-0.39, 0.29) is 23.5 Å². The lowest BCUT2D eigenvalue weighted by Gasteiger charge is -2.50. The summed E-state index contributed by atoms with van der Waals surface area (Å²) in [7, 11) is 0. The maximum absolute atomic E-state index is 12.9. The van der Waals surface area contributed by atoms with Crippen molar-refractivity contribution in [3.05, 3.63) is 35.9 Å². The van der Waals surface area contributed by atoms with E-state index in [4.69, 9.17) is 4.74 Å². The van der Waals surface area contributed by atoms with Gasteiger partial charge in [0.25, 0.3) is 0 Å². The van der Waals surface area contributed by atoms with Crippen molar-refractivity contribution < 1.29 is 14.6 Å². The fourth-order valence-corrected chi connectivity index (χ4v) is 4.41. The Labute approximate surface area is 164 Å². The molecule has 1 heterocycles. The summed E-state index contributed by atoms with van der Waals surface area (Å²) in [5, 5.41) is 11.7. The van der Waals surface area contributed by atoms with Gasteiger partial charge in [-0.15, -0.1) is 0 Å². The number of hydrogen-bond acceptors (Lipinski definition) is 3. The van der Waals surface area contributed by atoms with Crippen LogP contribution in [0.5, 0.6) is 0 Å². The Balaban J connectivity index is 2.18.